The number of hydrogen-bond donors (Lipinski definition) is 0. The molecule has 0 atom stereocenters. The van der Waals surface area contributed by atoms with Gasteiger partial charge >= 0.3 is 5.97 Å². The van der Waals surface area contributed by atoms with Gasteiger partial charge in [0.2, 0.25) is 5.91 Å². The molecular formula is C28H33N3O3. The maximum absolute atomic E-state index is 13.8. The van der Waals surface area contributed by atoms with E-state index in [1.165, 1.54) is 7.11 Å². The first kappa shape index (κ1) is 23.8. The van der Waals surface area contributed by atoms with E-state index in [2.05, 4.69) is 28.0 Å². The van der Waals surface area contributed by atoms with Gasteiger partial charge in [-0.1, -0.05) is 30.3 Å². The molecule has 34 heavy (non-hydrogen) atoms. The maximum Gasteiger partial charge on any atom is 0.308 e. The van der Waals surface area contributed by atoms with Crippen molar-refractivity contribution in [2.45, 2.75) is 51.1 Å². The molecule has 1 aliphatic heterocycles. The molecule has 0 bridgehead atoms. The summed E-state index contributed by atoms with van der Waals surface area (Å²) < 4.78 is 4.94. The van der Waals surface area contributed by atoms with Gasteiger partial charge in [-0.05, 0) is 68.4 Å². The number of carbonyl (C=O) groups is 2. The summed E-state index contributed by atoms with van der Waals surface area (Å²) in [5.74, 6) is 0.0710. The lowest BCUT2D eigenvalue weighted by Gasteiger charge is -2.40. The van der Waals surface area contributed by atoms with Gasteiger partial charge in [0.1, 0.15) is 0 Å². The molecule has 1 saturated carbocycles. The number of rotatable bonds is 6. The molecule has 2 aromatic rings. The van der Waals surface area contributed by atoms with E-state index < -0.39 is 0 Å². The molecular weight excluding hydrogens is 426 g/mol. The van der Waals surface area contributed by atoms with E-state index >= 15 is 0 Å². The summed E-state index contributed by atoms with van der Waals surface area (Å²) in [5, 5.41) is 9.03. The Morgan fingerprint density at radius 2 is 1.59 bits per heavy atom. The summed E-state index contributed by atoms with van der Waals surface area (Å²) >= 11 is 0. The number of piperidine rings is 1. The summed E-state index contributed by atoms with van der Waals surface area (Å²) in [6, 6.07) is 20.2. The Bertz CT molecular complexity index is 999. The minimum atomic E-state index is -0.130. The standard InChI is InChI=1S/C28H33N3O3/c1-34-28(33)24-9-13-26(14-10-24)31(20-22-5-3-2-4-6-22)27(32)23-15-17-30(18-16-23)25-11-7-21(19-29)8-12-25/h2-8,11-12,23-24,26H,9-10,13-18,20H2,1H3/t24-,26-. The quantitative estimate of drug-likeness (QED) is 0.593. The van der Waals surface area contributed by atoms with Crippen molar-refractivity contribution in [3.05, 3.63) is 65.7 Å². The Labute approximate surface area is 202 Å². The molecule has 2 aliphatic rings. The highest BCUT2D eigenvalue weighted by molar-refractivity contribution is 5.80. The molecule has 1 saturated heterocycles. The zero-order valence-electron chi connectivity index (χ0n) is 19.9. The highest BCUT2D eigenvalue weighted by Gasteiger charge is 2.35. The topological polar surface area (TPSA) is 73.6 Å². The van der Waals surface area contributed by atoms with Crippen molar-refractivity contribution in [3.63, 3.8) is 0 Å². The number of methoxy groups -OCH3 is 1. The first-order valence-electron chi connectivity index (χ1n) is 12.3. The number of ether oxygens (including phenoxy) is 1. The van der Waals surface area contributed by atoms with E-state index in [1.54, 1.807) is 0 Å². The molecule has 0 unspecified atom stereocenters. The van der Waals surface area contributed by atoms with Crippen molar-refractivity contribution in [3.8, 4) is 6.07 Å². The summed E-state index contributed by atoms with van der Waals surface area (Å²) in [6.45, 7) is 2.27. The fourth-order valence-electron chi connectivity index (χ4n) is 5.32. The monoisotopic (exact) mass is 459 g/mol. The molecule has 1 heterocycles. The van der Waals surface area contributed by atoms with Crippen LogP contribution < -0.4 is 4.90 Å². The average Bonchev–Trinajstić information content (AvgIpc) is 2.92. The Hall–Kier alpha value is -3.33. The van der Waals surface area contributed by atoms with E-state index in [4.69, 9.17) is 10.00 Å². The lowest BCUT2D eigenvalue weighted by Crippen LogP contribution is -2.47. The van der Waals surface area contributed by atoms with Crippen molar-refractivity contribution in [1.82, 2.24) is 4.90 Å². The molecule has 0 aromatic heterocycles. The Morgan fingerprint density at radius 1 is 0.941 bits per heavy atom. The van der Waals surface area contributed by atoms with Crippen LogP contribution >= 0.6 is 0 Å². The zero-order valence-corrected chi connectivity index (χ0v) is 19.9. The number of nitrogens with zero attached hydrogens (tertiary/aromatic N) is 3. The molecule has 178 valence electrons. The molecule has 1 aliphatic carbocycles. The van der Waals surface area contributed by atoms with Gasteiger partial charge in [-0.2, -0.15) is 5.26 Å². The zero-order chi connectivity index (χ0) is 23.9. The largest absolute Gasteiger partial charge is 0.469 e. The molecule has 0 spiro atoms. The van der Waals surface area contributed by atoms with Gasteiger partial charge in [0.05, 0.1) is 24.7 Å². The Morgan fingerprint density at radius 3 is 2.18 bits per heavy atom. The van der Waals surface area contributed by atoms with E-state index in [-0.39, 0.29) is 29.8 Å². The molecule has 1 amide bonds. The number of anilines is 1. The predicted octanol–water partition coefficient (Wildman–Crippen LogP) is 4.54. The average molecular weight is 460 g/mol. The van der Waals surface area contributed by atoms with Crippen LogP contribution in [0.4, 0.5) is 5.69 Å². The van der Waals surface area contributed by atoms with Crippen LogP contribution in [0.25, 0.3) is 0 Å². The Kier molecular flexibility index (Phi) is 7.84. The number of carbonyl (C=O) groups excluding carboxylic acids is 2. The van der Waals surface area contributed by atoms with Gasteiger partial charge < -0.3 is 14.5 Å². The second-order valence-corrected chi connectivity index (χ2v) is 9.40. The molecule has 0 N–H and O–H groups in total. The molecule has 4 rings (SSSR count). The minimum absolute atomic E-state index is 0.0108. The van der Waals surface area contributed by atoms with Crippen molar-refractivity contribution in [2.24, 2.45) is 11.8 Å². The second kappa shape index (κ2) is 11.2. The van der Waals surface area contributed by atoms with Crippen LogP contribution in [0.5, 0.6) is 0 Å². The van der Waals surface area contributed by atoms with Crippen LogP contribution in [-0.4, -0.2) is 43.0 Å². The third kappa shape index (κ3) is 5.59. The van der Waals surface area contributed by atoms with Gasteiger partial charge in [0.25, 0.3) is 0 Å². The molecule has 6 nitrogen and oxygen atoms in total. The lowest BCUT2D eigenvalue weighted by molar-refractivity contribution is -0.147. The second-order valence-electron chi connectivity index (χ2n) is 9.40. The first-order chi connectivity index (χ1) is 16.6. The molecule has 2 fully saturated rings. The van der Waals surface area contributed by atoms with Crippen molar-refractivity contribution >= 4 is 17.6 Å². The molecule has 2 aromatic carbocycles. The van der Waals surface area contributed by atoms with Crippen LogP contribution in [0.2, 0.25) is 0 Å². The van der Waals surface area contributed by atoms with Crippen LogP contribution in [0, 0.1) is 23.2 Å². The summed E-state index contributed by atoms with van der Waals surface area (Å²) in [5.41, 5.74) is 2.90. The van der Waals surface area contributed by atoms with Crippen LogP contribution in [0.15, 0.2) is 54.6 Å². The highest BCUT2D eigenvalue weighted by atomic mass is 16.5. The van der Waals surface area contributed by atoms with E-state index in [9.17, 15) is 9.59 Å². The van der Waals surface area contributed by atoms with E-state index in [0.717, 1.165) is 62.9 Å². The summed E-state index contributed by atoms with van der Waals surface area (Å²) in [6.07, 6.45) is 4.86. The number of hydrogen-bond acceptors (Lipinski definition) is 5. The minimum Gasteiger partial charge on any atom is -0.469 e. The van der Waals surface area contributed by atoms with Gasteiger partial charge in [-0.15, -0.1) is 0 Å². The SMILES string of the molecule is COC(=O)[C@H]1CC[C@H](N(Cc2ccccc2)C(=O)C2CCN(c3ccc(C#N)cc3)CC2)CC1. The maximum atomic E-state index is 13.8. The first-order valence-corrected chi connectivity index (χ1v) is 12.3. The summed E-state index contributed by atoms with van der Waals surface area (Å²) in [7, 11) is 1.45. The van der Waals surface area contributed by atoms with Gasteiger partial charge in [-0.3, -0.25) is 9.59 Å². The Balaban J connectivity index is 1.42. The molecule has 6 heteroatoms. The fourth-order valence-corrected chi connectivity index (χ4v) is 5.32. The third-order valence-corrected chi connectivity index (χ3v) is 7.36. The fraction of sp³-hybridized carbons (Fsp3) is 0.464. The van der Waals surface area contributed by atoms with Gasteiger partial charge in [-0.25, -0.2) is 0 Å². The van der Waals surface area contributed by atoms with Crippen LogP contribution in [-0.2, 0) is 20.9 Å². The van der Waals surface area contributed by atoms with Crippen LogP contribution in [0.3, 0.4) is 0 Å². The summed E-state index contributed by atoms with van der Waals surface area (Å²) in [4.78, 5) is 30.1. The number of benzene rings is 2. The lowest BCUT2D eigenvalue weighted by atomic mass is 9.84. The predicted molar refractivity (Wildman–Crippen MR) is 131 cm³/mol. The number of nitriles is 1. The smallest absolute Gasteiger partial charge is 0.308 e. The van der Waals surface area contributed by atoms with Gasteiger partial charge in [0, 0.05) is 37.3 Å². The van der Waals surface area contributed by atoms with Crippen molar-refractivity contribution in [1.29, 1.82) is 5.26 Å². The molecule has 0 radical (unpaired) electrons. The van der Waals surface area contributed by atoms with E-state index in [0.29, 0.717) is 12.1 Å². The number of esters is 1. The van der Waals surface area contributed by atoms with Crippen molar-refractivity contribution < 1.29 is 14.3 Å². The van der Waals surface area contributed by atoms with Crippen molar-refractivity contribution in [2.75, 3.05) is 25.1 Å². The number of amides is 1. The van der Waals surface area contributed by atoms with Crippen LogP contribution in [0.1, 0.15) is 49.7 Å². The highest BCUT2D eigenvalue weighted by Crippen LogP contribution is 2.32. The normalized spacial score (nSPS) is 20.9. The van der Waals surface area contributed by atoms with Gasteiger partial charge in [0.15, 0.2) is 0 Å². The van der Waals surface area contributed by atoms with E-state index in [1.807, 2.05) is 42.5 Å². The third-order valence-electron chi connectivity index (χ3n) is 7.36.